The summed E-state index contributed by atoms with van der Waals surface area (Å²) in [6.07, 6.45) is 2.50. The van der Waals surface area contributed by atoms with Gasteiger partial charge in [0.1, 0.15) is 16.7 Å². The van der Waals surface area contributed by atoms with Gasteiger partial charge in [-0.05, 0) is 50.1 Å². The van der Waals surface area contributed by atoms with Crippen LogP contribution < -0.4 is 10.3 Å². The molecule has 0 amide bonds. The number of hydrogen-bond acceptors (Lipinski definition) is 6. The van der Waals surface area contributed by atoms with E-state index in [1.165, 1.54) is 0 Å². The Labute approximate surface area is 196 Å². The van der Waals surface area contributed by atoms with E-state index in [4.69, 9.17) is 24.4 Å². The minimum Gasteiger partial charge on any atom is -0.497 e. The largest absolute Gasteiger partial charge is 0.497 e. The molecule has 0 saturated carbocycles. The Morgan fingerprint density at radius 2 is 1.71 bits per heavy atom. The number of nitrogens with zero attached hydrogens (tertiary/aromatic N) is 5. The van der Waals surface area contributed by atoms with E-state index in [0.29, 0.717) is 41.9 Å². The van der Waals surface area contributed by atoms with Gasteiger partial charge >= 0.3 is 0 Å². The van der Waals surface area contributed by atoms with Crippen LogP contribution in [0.4, 0.5) is 0 Å². The van der Waals surface area contributed by atoms with Crippen LogP contribution >= 0.6 is 0 Å². The van der Waals surface area contributed by atoms with Crippen molar-refractivity contribution in [2.24, 2.45) is 0 Å². The van der Waals surface area contributed by atoms with Crippen LogP contribution in [-0.4, -0.2) is 43.9 Å². The van der Waals surface area contributed by atoms with Crippen molar-refractivity contribution >= 4 is 33.2 Å². The van der Waals surface area contributed by atoms with E-state index in [1.807, 2.05) is 66.9 Å². The van der Waals surface area contributed by atoms with E-state index in [-0.39, 0.29) is 11.7 Å². The zero-order valence-electron chi connectivity index (χ0n) is 19.6. The normalized spacial score (nSPS) is 11.8. The Kier molecular flexibility index (Phi) is 5.98. The highest BCUT2D eigenvalue weighted by molar-refractivity contribution is 6.04. The van der Waals surface area contributed by atoms with E-state index in [1.54, 1.807) is 18.0 Å². The molecule has 3 aromatic heterocycles. The molecule has 5 aromatic rings. The molecule has 0 aliphatic heterocycles. The average Bonchev–Trinajstić information content (AvgIpc) is 3.15. The highest BCUT2D eigenvalue weighted by Crippen LogP contribution is 2.26. The molecule has 0 spiro atoms. The molecule has 0 saturated heterocycles. The van der Waals surface area contributed by atoms with Gasteiger partial charge in [-0.3, -0.25) is 9.36 Å². The van der Waals surface area contributed by atoms with Crippen molar-refractivity contribution in [3.8, 4) is 5.75 Å². The van der Waals surface area contributed by atoms with Gasteiger partial charge in [-0.2, -0.15) is 0 Å². The van der Waals surface area contributed by atoms with Gasteiger partial charge in [0.2, 0.25) is 0 Å². The summed E-state index contributed by atoms with van der Waals surface area (Å²) in [6.45, 7) is 5.63. The van der Waals surface area contributed by atoms with Crippen molar-refractivity contribution in [3.05, 3.63) is 70.8 Å². The topological polar surface area (TPSA) is 84.1 Å². The Morgan fingerprint density at radius 3 is 2.41 bits per heavy atom. The maximum atomic E-state index is 13.5. The first kappa shape index (κ1) is 22.0. The van der Waals surface area contributed by atoms with Gasteiger partial charge in [-0.15, -0.1) is 0 Å². The molecule has 0 unspecified atom stereocenters. The molecule has 0 bridgehead atoms. The second-order valence-corrected chi connectivity index (χ2v) is 8.53. The number of benzene rings is 2. The number of rotatable bonds is 8. The number of aromatic nitrogens is 5. The zero-order valence-corrected chi connectivity index (χ0v) is 19.6. The number of para-hydroxylation sites is 2. The van der Waals surface area contributed by atoms with Crippen LogP contribution in [0.1, 0.15) is 25.8 Å². The summed E-state index contributed by atoms with van der Waals surface area (Å²) in [6, 6.07) is 15.5. The number of methoxy groups -OCH3 is 1. The molecule has 8 heteroatoms. The van der Waals surface area contributed by atoms with Gasteiger partial charge in [-0.25, -0.2) is 15.0 Å². The first-order valence-corrected chi connectivity index (χ1v) is 11.4. The second-order valence-electron chi connectivity index (χ2n) is 8.53. The number of aryl methyl sites for hydroxylation is 1. The molecule has 174 valence electrons. The van der Waals surface area contributed by atoms with Gasteiger partial charge in [0.25, 0.3) is 5.56 Å². The summed E-state index contributed by atoms with van der Waals surface area (Å²) in [7, 11) is 1.65. The lowest BCUT2D eigenvalue weighted by atomic mass is 10.2. The molecule has 3 heterocycles. The van der Waals surface area contributed by atoms with Gasteiger partial charge in [0.05, 0.1) is 37.1 Å². The molecule has 34 heavy (non-hydrogen) atoms. The number of hydrogen-bond donors (Lipinski definition) is 0. The van der Waals surface area contributed by atoms with Crippen LogP contribution in [0.3, 0.4) is 0 Å². The maximum Gasteiger partial charge on any atom is 0.265 e. The number of ether oxygens (including phenoxy) is 2. The minimum absolute atomic E-state index is 0.113. The predicted molar refractivity (Wildman–Crippen MR) is 132 cm³/mol. The highest BCUT2D eigenvalue weighted by Gasteiger charge is 2.20. The SMILES string of the molecule is COc1ccc(Cn2c3nc4ccccc4nc3c3c(=O)n(CCCOC(C)C)cnc32)cc1. The molecule has 0 radical (unpaired) electrons. The summed E-state index contributed by atoms with van der Waals surface area (Å²) in [5.41, 5.74) is 4.27. The van der Waals surface area contributed by atoms with Crippen molar-refractivity contribution in [2.45, 2.75) is 39.5 Å². The Bertz CT molecular complexity index is 1520. The molecule has 2 aromatic carbocycles. The summed E-state index contributed by atoms with van der Waals surface area (Å²) >= 11 is 0. The molecule has 0 fully saturated rings. The van der Waals surface area contributed by atoms with Crippen molar-refractivity contribution in [2.75, 3.05) is 13.7 Å². The van der Waals surface area contributed by atoms with Crippen LogP contribution in [0.15, 0.2) is 59.7 Å². The standard InChI is InChI=1S/C26H27N5O3/c1-17(2)34-14-6-13-30-16-27-24-22(26(30)32)23-25(29-21-8-5-4-7-20(21)28-23)31(24)15-18-9-11-19(33-3)12-10-18/h4-5,7-12,16-17H,6,13-15H2,1-3H3. The molecule has 5 rings (SSSR count). The quantitative estimate of drug-likeness (QED) is 0.325. The summed E-state index contributed by atoms with van der Waals surface area (Å²) in [5.74, 6) is 0.791. The molecular formula is C26H27N5O3. The average molecular weight is 458 g/mol. The van der Waals surface area contributed by atoms with Crippen molar-refractivity contribution < 1.29 is 9.47 Å². The fraction of sp³-hybridized carbons (Fsp3) is 0.308. The molecule has 8 nitrogen and oxygen atoms in total. The van der Waals surface area contributed by atoms with Crippen LogP contribution in [-0.2, 0) is 17.8 Å². The number of fused-ring (bicyclic) bond motifs is 4. The van der Waals surface area contributed by atoms with E-state index >= 15 is 0 Å². The maximum absolute atomic E-state index is 13.5. The highest BCUT2D eigenvalue weighted by atomic mass is 16.5. The molecule has 0 atom stereocenters. The zero-order chi connectivity index (χ0) is 23.7. The lowest BCUT2D eigenvalue weighted by molar-refractivity contribution is 0.0747. The third-order valence-corrected chi connectivity index (χ3v) is 5.81. The Balaban J connectivity index is 1.65. The van der Waals surface area contributed by atoms with E-state index in [0.717, 1.165) is 28.8 Å². The van der Waals surface area contributed by atoms with Crippen LogP contribution in [0.5, 0.6) is 5.75 Å². The lowest BCUT2D eigenvalue weighted by Gasteiger charge is -2.09. The third-order valence-electron chi connectivity index (χ3n) is 5.81. The van der Waals surface area contributed by atoms with E-state index in [2.05, 4.69) is 0 Å². The van der Waals surface area contributed by atoms with Gasteiger partial charge in [-0.1, -0.05) is 24.3 Å². The Hall–Kier alpha value is -3.78. The van der Waals surface area contributed by atoms with Crippen molar-refractivity contribution in [1.82, 2.24) is 24.1 Å². The first-order chi connectivity index (χ1) is 16.5. The lowest BCUT2D eigenvalue weighted by Crippen LogP contribution is -2.22. The van der Waals surface area contributed by atoms with Crippen LogP contribution in [0, 0.1) is 0 Å². The summed E-state index contributed by atoms with van der Waals surface area (Å²) in [4.78, 5) is 27.9. The minimum atomic E-state index is -0.113. The molecule has 0 aliphatic rings. The Morgan fingerprint density at radius 1 is 0.971 bits per heavy atom. The van der Waals surface area contributed by atoms with Gasteiger partial charge < -0.3 is 14.0 Å². The van der Waals surface area contributed by atoms with Gasteiger partial charge in [0.15, 0.2) is 11.3 Å². The van der Waals surface area contributed by atoms with Crippen LogP contribution in [0.2, 0.25) is 0 Å². The summed E-state index contributed by atoms with van der Waals surface area (Å²) < 4.78 is 14.5. The summed E-state index contributed by atoms with van der Waals surface area (Å²) in [5, 5.41) is 0.494. The molecule has 0 N–H and O–H groups in total. The van der Waals surface area contributed by atoms with Crippen molar-refractivity contribution in [3.63, 3.8) is 0 Å². The predicted octanol–water partition coefficient (Wildman–Crippen LogP) is 4.17. The molecule has 0 aliphatic carbocycles. The fourth-order valence-corrected chi connectivity index (χ4v) is 4.12. The first-order valence-electron chi connectivity index (χ1n) is 11.4. The monoisotopic (exact) mass is 457 g/mol. The van der Waals surface area contributed by atoms with E-state index in [9.17, 15) is 4.79 Å². The van der Waals surface area contributed by atoms with E-state index < -0.39 is 0 Å². The third kappa shape index (κ3) is 4.12. The smallest absolute Gasteiger partial charge is 0.265 e. The van der Waals surface area contributed by atoms with Gasteiger partial charge in [0, 0.05) is 13.2 Å². The second kappa shape index (κ2) is 9.23. The fourth-order valence-electron chi connectivity index (χ4n) is 4.12. The molecular weight excluding hydrogens is 430 g/mol. The van der Waals surface area contributed by atoms with Crippen molar-refractivity contribution in [1.29, 1.82) is 0 Å². The van der Waals surface area contributed by atoms with Crippen LogP contribution in [0.25, 0.3) is 33.2 Å².